The van der Waals surface area contributed by atoms with Gasteiger partial charge in [-0.3, -0.25) is 14.4 Å². The number of carboxylic acid groups (broad SMARTS) is 1. The van der Waals surface area contributed by atoms with Crippen LogP contribution in [0.2, 0.25) is 5.02 Å². The van der Waals surface area contributed by atoms with E-state index in [1.165, 1.54) is 7.05 Å². The van der Waals surface area contributed by atoms with Crippen LogP contribution in [0.1, 0.15) is 56.7 Å². The van der Waals surface area contributed by atoms with Gasteiger partial charge in [-0.15, -0.1) is 0 Å². The van der Waals surface area contributed by atoms with Crippen LogP contribution in [0.15, 0.2) is 23.5 Å². The average Bonchev–Trinajstić information content (AvgIpc) is 3.44. The lowest BCUT2D eigenvalue weighted by molar-refractivity contribution is -0.157. The third-order valence-corrected chi connectivity index (χ3v) is 9.05. The fourth-order valence-electron chi connectivity index (χ4n) is 6.48. The lowest BCUT2D eigenvalue weighted by Crippen LogP contribution is -2.50. The number of alkyl halides is 2. The molecule has 0 spiro atoms. The lowest BCUT2D eigenvalue weighted by Gasteiger charge is -2.42. The van der Waals surface area contributed by atoms with Gasteiger partial charge >= 0.3 is 5.97 Å². The fraction of sp³-hybridized carbons (Fsp3) is 0.607. The van der Waals surface area contributed by atoms with Crippen LogP contribution in [0.25, 0.3) is 0 Å². The Kier molecular flexibility index (Phi) is 9.03. The average molecular weight is 598 g/mol. The van der Waals surface area contributed by atoms with Crippen LogP contribution in [0.3, 0.4) is 0 Å². The fourth-order valence-corrected chi connectivity index (χ4v) is 6.74. The Balaban J connectivity index is 1.76. The zero-order valence-electron chi connectivity index (χ0n) is 23.5. The van der Waals surface area contributed by atoms with Crippen molar-refractivity contribution in [2.45, 2.75) is 58.4 Å². The summed E-state index contributed by atoms with van der Waals surface area (Å²) in [6.07, 6.45) is -0.717. The van der Waals surface area contributed by atoms with E-state index in [0.717, 1.165) is 10.6 Å². The SMILES string of the molecule is C[C@H]1CC(=O)N(CC2c3c(OC/C(N)=C(\C(F)F)N(C)N)ccc(Cl)c3CCN2C(=O)[C@@H]2CCC[C@]2(C)C(=O)O)C1. The highest BCUT2D eigenvalue weighted by atomic mass is 35.5. The number of carbonyl (C=O) groups excluding carboxylic acids is 2. The van der Waals surface area contributed by atoms with Crippen LogP contribution < -0.4 is 16.3 Å². The van der Waals surface area contributed by atoms with Crippen molar-refractivity contribution in [3.63, 3.8) is 0 Å². The molecular formula is C28H38ClF2N5O5. The molecule has 1 saturated carbocycles. The molecule has 1 aromatic rings. The zero-order valence-corrected chi connectivity index (χ0v) is 24.3. The molecule has 2 heterocycles. The molecule has 4 rings (SSSR count). The zero-order chi connectivity index (χ0) is 30.2. The number of aliphatic carboxylic acids is 1. The van der Waals surface area contributed by atoms with Gasteiger partial charge in [-0.1, -0.05) is 24.9 Å². The summed E-state index contributed by atoms with van der Waals surface area (Å²) in [5.74, 6) is 3.90. The van der Waals surface area contributed by atoms with Crippen molar-refractivity contribution < 1.29 is 33.0 Å². The Morgan fingerprint density at radius 1 is 1.34 bits per heavy atom. The monoisotopic (exact) mass is 597 g/mol. The van der Waals surface area contributed by atoms with Crippen molar-refractivity contribution in [2.75, 3.05) is 33.3 Å². The van der Waals surface area contributed by atoms with Gasteiger partial charge in [0.25, 0.3) is 6.43 Å². The first-order valence-electron chi connectivity index (χ1n) is 13.8. The Hall–Kier alpha value is -3.12. The number of ether oxygens (including phenoxy) is 1. The predicted octanol–water partition coefficient (Wildman–Crippen LogP) is 3.14. The van der Waals surface area contributed by atoms with Gasteiger partial charge in [0.15, 0.2) is 0 Å². The van der Waals surface area contributed by atoms with E-state index < -0.39 is 42.1 Å². The second kappa shape index (κ2) is 12.0. The number of amides is 2. The van der Waals surface area contributed by atoms with E-state index in [4.69, 9.17) is 27.9 Å². The molecule has 4 atom stereocenters. The van der Waals surface area contributed by atoms with E-state index >= 15 is 0 Å². The van der Waals surface area contributed by atoms with Crippen molar-refractivity contribution >= 4 is 29.4 Å². The molecule has 1 unspecified atom stereocenters. The summed E-state index contributed by atoms with van der Waals surface area (Å²) in [7, 11) is 1.25. The van der Waals surface area contributed by atoms with E-state index in [1.807, 2.05) is 6.92 Å². The number of hydrogen-bond donors (Lipinski definition) is 3. The van der Waals surface area contributed by atoms with Crippen molar-refractivity contribution in [2.24, 2.45) is 28.8 Å². The molecule has 2 fully saturated rings. The summed E-state index contributed by atoms with van der Waals surface area (Å²) >= 11 is 6.61. The minimum atomic E-state index is -2.92. The summed E-state index contributed by atoms with van der Waals surface area (Å²) in [4.78, 5) is 42.5. The first-order chi connectivity index (χ1) is 19.3. The molecule has 10 nitrogen and oxygen atoms in total. The van der Waals surface area contributed by atoms with Gasteiger partial charge in [0.1, 0.15) is 18.1 Å². The number of nitrogens with zero attached hydrogens (tertiary/aromatic N) is 3. The number of halogens is 3. The summed E-state index contributed by atoms with van der Waals surface area (Å²) in [5, 5.41) is 11.2. The number of carboxylic acids is 1. The Morgan fingerprint density at radius 2 is 2.05 bits per heavy atom. The van der Waals surface area contributed by atoms with E-state index in [0.29, 0.717) is 49.2 Å². The highest BCUT2D eigenvalue weighted by molar-refractivity contribution is 6.31. The molecule has 2 aliphatic heterocycles. The maximum Gasteiger partial charge on any atom is 0.310 e. The van der Waals surface area contributed by atoms with Crippen LogP contribution in [0, 0.1) is 17.3 Å². The largest absolute Gasteiger partial charge is 0.487 e. The van der Waals surface area contributed by atoms with Crippen LogP contribution in [0.4, 0.5) is 8.78 Å². The Bertz CT molecular complexity index is 1230. The maximum atomic E-state index is 14.1. The number of carbonyl (C=O) groups is 3. The quantitative estimate of drug-likeness (QED) is 0.291. The number of rotatable bonds is 9. The van der Waals surface area contributed by atoms with E-state index in [9.17, 15) is 28.3 Å². The molecule has 0 radical (unpaired) electrons. The first-order valence-corrected chi connectivity index (χ1v) is 14.1. The van der Waals surface area contributed by atoms with Gasteiger partial charge in [0, 0.05) is 43.7 Å². The van der Waals surface area contributed by atoms with Gasteiger partial charge in [0.2, 0.25) is 11.8 Å². The topological polar surface area (TPSA) is 142 Å². The molecule has 13 heteroatoms. The molecule has 3 aliphatic rings. The maximum absolute atomic E-state index is 14.1. The number of hydrogen-bond acceptors (Lipinski definition) is 7. The second-order valence-corrected chi connectivity index (χ2v) is 12.0. The molecule has 2 amide bonds. The van der Waals surface area contributed by atoms with Crippen LogP contribution >= 0.6 is 11.6 Å². The summed E-state index contributed by atoms with van der Waals surface area (Å²) in [6.45, 7) is 4.12. The molecule has 1 saturated heterocycles. The summed E-state index contributed by atoms with van der Waals surface area (Å²) < 4.78 is 33.1. The molecule has 5 N–H and O–H groups in total. The Labute approximate surface area is 243 Å². The van der Waals surface area contributed by atoms with Crippen molar-refractivity contribution in [3.05, 3.63) is 39.7 Å². The molecule has 226 valence electrons. The van der Waals surface area contributed by atoms with Gasteiger partial charge in [-0.25, -0.2) is 14.6 Å². The predicted molar refractivity (Wildman–Crippen MR) is 148 cm³/mol. The summed E-state index contributed by atoms with van der Waals surface area (Å²) in [5.41, 5.74) is 5.18. The van der Waals surface area contributed by atoms with E-state index in [2.05, 4.69) is 0 Å². The highest BCUT2D eigenvalue weighted by Crippen LogP contribution is 2.47. The Morgan fingerprint density at radius 3 is 2.63 bits per heavy atom. The number of hydrazine groups is 1. The number of benzene rings is 1. The van der Waals surface area contributed by atoms with Crippen LogP contribution in [-0.4, -0.2) is 77.4 Å². The van der Waals surface area contributed by atoms with Gasteiger partial charge in [-0.2, -0.15) is 0 Å². The number of fused-ring (bicyclic) bond motifs is 1. The molecule has 1 aliphatic carbocycles. The van der Waals surface area contributed by atoms with E-state index in [1.54, 1.807) is 28.9 Å². The second-order valence-electron chi connectivity index (χ2n) is 11.6. The van der Waals surface area contributed by atoms with Crippen LogP contribution in [0.5, 0.6) is 5.75 Å². The van der Waals surface area contributed by atoms with Crippen molar-refractivity contribution in [1.29, 1.82) is 0 Å². The van der Waals surface area contributed by atoms with E-state index in [-0.39, 0.29) is 42.3 Å². The molecule has 0 bridgehead atoms. The van der Waals surface area contributed by atoms with Crippen LogP contribution in [-0.2, 0) is 20.8 Å². The molecular weight excluding hydrogens is 560 g/mol. The van der Waals surface area contributed by atoms with Gasteiger partial charge < -0.3 is 30.4 Å². The standard InChI is InChI=1S/C28H38ClF2N5O5/c1-15-11-22(37)35(12-15)13-20-23-16(8-10-36(20)26(38)17-5-4-9-28(17,2)27(39)40)18(29)6-7-21(23)41-14-19(32)24(25(30)31)34(3)33/h6-7,15,17,20,25H,4-5,8-14,32-33H2,1-3H3,(H,39,40)/b24-19-/t15-,17-,20?,28-/m0/s1. The molecule has 41 heavy (non-hydrogen) atoms. The van der Waals surface area contributed by atoms with Crippen molar-refractivity contribution in [1.82, 2.24) is 14.8 Å². The number of nitrogens with two attached hydrogens (primary N) is 2. The minimum Gasteiger partial charge on any atom is -0.487 e. The summed E-state index contributed by atoms with van der Waals surface area (Å²) in [6, 6.07) is 2.54. The first kappa shape index (κ1) is 30.8. The third kappa shape index (κ3) is 5.94. The normalized spacial score (nSPS) is 26.7. The number of likely N-dealkylation sites (tertiary alicyclic amines) is 1. The lowest BCUT2D eigenvalue weighted by atomic mass is 9.78. The molecule has 0 aromatic heterocycles. The third-order valence-electron chi connectivity index (χ3n) is 8.70. The molecule has 1 aromatic carbocycles. The number of allylic oxidation sites excluding steroid dienone is 1. The smallest absolute Gasteiger partial charge is 0.310 e. The van der Waals surface area contributed by atoms with Gasteiger partial charge in [0.05, 0.1) is 23.1 Å². The van der Waals surface area contributed by atoms with Crippen molar-refractivity contribution in [3.8, 4) is 5.75 Å². The van der Waals surface area contributed by atoms with Gasteiger partial charge in [-0.05, 0) is 49.8 Å². The highest BCUT2D eigenvalue weighted by Gasteiger charge is 2.51. The minimum absolute atomic E-state index is 0.0440.